The molecule has 2 aromatic carbocycles. The van der Waals surface area contributed by atoms with Gasteiger partial charge < -0.3 is 20.4 Å². The molecule has 0 aliphatic carbocycles. The zero-order chi connectivity index (χ0) is 22.3. The van der Waals surface area contributed by atoms with Crippen molar-refractivity contribution in [2.75, 3.05) is 0 Å². The summed E-state index contributed by atoms with van der Waals surface area (Å²) in [5, 5.41) is 39.7. The van der Waals surface area contributed by atoms with Crippen LogP contribution in [0.5, 0.6) is 17.2 Å². The number of allylic oxidation sites excluding steroid dienone is 4. The Bertz CT molecular complexity index is 974. The van der Waals surface area contributed by atoms with Crippen molar-refractivity contribution in [1.29, 1.82) is 0 Å². The molecule has 2 rings (SSSR count). The molecule has 0 fully saturated rings. The van der Waals surface area contributed by atoms with Crippen molar-refractivity contribution in [3.05, 3.63) is 83.0 Å². The molecule has 4 N–H and O–H groups in total. The number of aliphatic hydroxyl groups is 1. The standard InChI is InChI=1S/C25H28O5/c1-17(5-4-16-25(2,3)30)6-12-20-23(28)15-13-21(24(20)29)22(27)14-9-18-7-10-19(26)11-8-18/h4,6-11,13-16,26,28-30H,5,12H2,1-3H3. The van der Waals surface area contributed by atoms with Crippen molar-refractivity contribution < 1.29 is 25.2 Å². The predicted octanol–water partition coefficient (Wildman–Crippen LogP) is 4.91. The van der Waals surface area contributed by atoms with Crippen LogP contribution in [-0.2, 0) is 6.42 Å². The second-order valence-electron chi connectivity index (χ2n) is 7.76. The summed E-state index contributed by atoms with van der Waals surface area (Å²) in [5.41, 5.74) is 1.24. The second kappa shape index (κ2) is 9.94. The number of carbonyl (C=O) groups excluding carboxylic acids is 1. The predicted molar refractivity (Wildman–Crippen MR) is 119 cm³/mol. The molecule has 0 heterocycles. The van der Waals surface area contributed by atoms with Gasteiger partial charge in [0.25, 0.3) is 0 Å². The van der Waals surface area contributed by atoms with E-state index in [1.165, 1.54) is 30.3 Å². The minimum atomic E-state index is -0.876. The average Bonchev–Trinajstić information content (AvgIpc) is 2.66. The highest BCUT2D eigenvalue weighted by Gasteiger charge is 2.15. The Labute approximate surface area is 177 Å². The van der Waals surface area contributed by atoms with Crippen molar-refractivity contribution in [2.45, 2.75) is 39.2 Å². The second-order valence-corrected chi connectivity index (χ2v) is 7.76. The molecule has 0 amide bonds. The average molecular weight is 408 g/mol. The lowest BCUT2D eigenvalue weighted by molar-refractivity contribution is 0.104. The minimum absolute atomic E-state index is 0.0809. The van der Waals surface area contributed by atoms with Gasteiger partial charge in [0.05, 0.1) is 11.2 Å². The van der Waals surface area contributed by atoms with E-state index < -0.39 is 11.4 Å². The van der Waals surface area contributed by atoms with Crippen LogP contribution in [0.4, 0.5) is 0 Å². The molecule has 0 aromatic heterocycles. The highest BCUT2D eigenvalue weighted by molar-refractivity contribution is 6.09. The van der Waals surface area contributed by atoms with E-state index in [-0.39, 0.29) is 34.8 Å². The summed E-state index contributed by atoms with van der Waals surface area (Å²) >= 11 is 0. The Balaban J connectivity index is 2.16. The fraction of sp³-hybridized carbons (Fsp3) is 0.240. The third kappa shape index (κ3) is 6.94. The molecule has 0 aliphatic rings. The van der Waals surface area contributed by atoms with Gasteiger partial charge in [0.15, 0.2) is 5.78 Å². The van der Waals surface area contributed by atoms with E-state index >= 15 is 0 Å². The van der Waals surface area contributed by atoms with Crippen molar-refractivity contribution >= 4 is 11.9 Å². The van der Waals surface area contributed by atoms with Gasteiger partial charge in [-0.05, 0) is 69.5 Å². The normalized spacial score (nSPS) is 12.7. The van der Waals surface area contributed by atoms with Gasteiger partial charge in [-0.1, -0.05) is 42.0 Å². The molecule has 5 nitrogen and oxygen atoms in total. The maximum Gasteiger partial charge on any atom is 0.189 e. The van der Waals surface area contributed by atoms with Gasteiger partial charge in [-0.15, -0.1) is 0 Å². The molecule has 0 spiro atoms. The van der Waals surface area contributed by atoms with Crippen LogP contribution in [-0.4, -0.2) is 31.8 Å². The van der Waals surface area contributed by atoms with Gasteiger partial charge in [0.1, 0.15) is 17.2 Å². The summed E-state index contributed by atoms with van der Waals surface area (Å²) < 4.78 is 0. The maximum absolute atomic E-state index is 12.5. The zero-order valence-corrected chi connectivity index (χ0v) is 17.5. The molecule has 0 saturated heterocycles. The van der Waals surface area contributed by atoms with Crippen molar-refractivity contribution in [2.24, 2.45) is 0 Å². The first-order chi connectivity index (χ1) is 14.1. The molecule has 0 bridgehead atoms. The number of phenolic OH excluding ortho intramolecular Hbond substituents is 3. The van der Waals surface area contributed by atoms with Crippen molar-refractivity contribution in [3.63, 3.8) is 0 Å². The monoisotopic (exact) mass is 408 g/mol. The number of hydrogen-bond acceptors (Lipinski definition) is 5. The lowest BCUT2D eigenvalue weighted by atomic mass is 9.99. The summed E-state index contributed by atoms with van der Waals surface area (Å²) in [7, 11) is 0. The van der Waals surface area contributed by atoms with Crippen LogP contribution >= 0.6 is 0 Å². The van der Waals surface area contributed by atoms with E-state index in [1.54, 1.807) is 38.1 Å². The molecule has 0 radical (unpaired) electrons. The summed E-state index contributed by atoms with van der Waals surface area (Å²) in [5.74, 6) is -0.581. The lowest BCUT2D eigenvalue weighted by Gasteiger charge is -2.10. The number of benzene rings is 2. The summed E-state index contributed by atoms with van der Waals surface area (Å²) in [6, 6.07) is 9.16. The number of ketones is 1. The first-order valence-electron chi connectivity index (χ1n) is 9.68. The van der Waals surface area contributed by atoms with Crippen LogP contribution in [0.3, 0.4) is 0 Å². The molecular formula is C25H28O5. The third-order valence-electron chi connectivity index (χ3n) is 4.46. The van der Waals surface area contributed by atoms with Gasteiger partial charge in [-0.2, -0.15) is 0 Å². The number of phenols is 3. The summed E-state index contributed by atoms with van der Waals surface area (Å²) in [4.78, 5) is 12.5. The fourth-order valence-corrected chi connectivity index (χ4v) is 2.77. The SMILES string of the molecule is CC(=CCc1c(O)ccc(C(=O)C=Cc2ccc(O)cc2)c1O)CC=CC(C)(C)O. The van der Waals surface area contributed by atoms with Crippen LogP contribution in [0, 0.1) is 0 Å². The van der Waals surface area contributed by atoms with E-state index in [4.69, 9.17) is 0 Å². The molecular weight excluding hydrogens is 380 g/mol. The van der Waals surface area contributed by atoms with Crippen LogP contribution in [0.25, 0.3) is 6.08 Å². The zero-order valence-electron chi connectivity index (χ0n) is 17.5. The Kier molecular flexibility index (Phi) is 7.61. The van der Waals surface area contributed by atoms with Crippen molar-refractivity contribution in [1.82, 2.24) is 0 Å². The first-order valence-corrected chi connectivity index (χ1v) is 9.68. The van der Waals surface area contributed by atoms with Crippen LogP contribution in [0.15, 0.2) is 66.3 Å². The topological polar surface area (TPSA) is 98.0 Å². The van der Waals surface area contributed by atoms with Gasteiger partial charge in [0.2, 0.25) is 0 Å². The quantitative estimate of drug-likeness (QED) is 0.283. The first kappa shape index (κ1) is 23.0. The lowest BCUT2D eigenvalue weighted by Crippen LogP contribution is -2.13. The highest BCUT2D eigenvalue weighted by atomic mass is 16.3. The van der Waals surface area contributed by atoms with E-state index in [1.807, 2.05) is 19.1 Å². The van der Waals surface area contributed by atoms with E-state index in [9.17, 15) is 25.2 Å². The molecule has 5 heteroatoms. The third-order valence-corrected chi connectivity index (χ3v) is 4.46. The van der Waals surface area contributed by atoms with Gasteiger partial charge in [0, 0.05) is 5.56 Å². The van der Waals surface area contributed by atoms with Crippen LogP contribution in [0.2, 0.25) is 0 Å². The fourth-order valence-electron chi connectivity index (χ4n) is 2.77. The molecule has 158 valence electrons. The largest absolute Gasteiger partial charge is 0.508 e. The maximum atomic E-state index is 12.5. The Morgan fingerprint density at radius 3 is 2.33 bits per heavy atom. The van der Waals surface area contributed by atoms with E-state index in [0.29, 0.717) is 6.42 Å². The molecule has 0 saturated carbocycles. The van der Waals surface area contributed by atoms with Gasteiger partial charge >= 0.3 is 0 Å². The molecule has 30 heavy (non-hydrogen) atoms. The number of hydrogen-bond donors (Lipinski definition) is 4. The molecule has 0 aliphatic heterocycles. The van der Waals surface area contributed by atoms with Crippen LogP contribution < -0.4 is 0 Å². The van der Waals surface area contributed by atoms with E-state index in [2.05, 4.69) is 0 Å². The highest BCUT2D eigenvalue weighted by Crippen LogP contribution is 2.32. The van der Waals surface area contributed by atoms with E-state index in [0.717, 1.165) is 11.1 Å². The molecule has 0 atom stereocenters. The molecule has 2 aromatic rings. The number of aromatic hydroxyl groups is 3. The Morgan fingerprint density at radius 2 is 1.70 bits per heavy atom. The summed E-state index contributed by atoms with van der Waals surface area (Å²) in [6.07, 6.45) is 9.25. The number of rotatable bonds is 8. The van der Waals surface area contributed by atoms with Crippen molar-refractivity contribution in [3.8, 4) is 17.2 Å². The van der Waals surface area contributed by atoms with Crippen LogP contribution in [0.1, 0.15) is 48.7 Å². The smallest absolute Gasteiger partial charge is 0.189 e. The Hall–Kier alpha value is -3.31. The Morgan fingerprint density at radius 1 is 1.03 bits per heavy atom. The summed E-state index contributed by atoms with van der Waals surface area (Å²) in [6.45, 7) is 5.30. The molecule has 0 unspecified atom stereocenters. The van der Waals surface area contributed by atoms with Gasteiger partial charge in [-0.25, -0.2) is 0 Å². The number of carbonyl (C=O) groups is 1. The van der Waals surface area contributed by atoms with Gasteiger partial charge in [-0.3, -0.25) is 4.79 Å². The minimum Gasteiger partial charge on any atom is -0.508 e.